The summed E-state index contributed by atoms with van der Waals surface area (Å²) >= 11 is 3.21. The molecule has 0 N–H and O–H groups in total. The Morgan fingerprint density at radius 2 is 2.08 bits per heavy atom. The van der Waals surface area contributed by atoms with Gasteiger partial charge >= 0.3 is 0 Å². The van der Waals surface area contributed by atoms with Gasteiger partial charge in [-0.25, -0.2) is 4.98 Å². The lowest BCUT2D eigenvalue weighted by atomic mass is 10.0. The Kier molecular flexibility index (Phi) is 4.95. The summed E-state index contributed by atoms with van der Waals surface area (Å²) in [6.45, 7) is 0.851. The second-order valence-corrected chi connectivity index (χ2v) is 8.01. The van der Waals surface area contributed by atoms with Gasteiger partial charge in [0.25, 0.3) is 5.91 Å². The topological polar surface area (TPSA) is 33.2 Å². The number of aryl methyl sites for hydroxylation is 1. The van der Waals surface area contributed by atoms with Crippen LogP contribution >= 0.6 is 22.7 Å². The molecule has 1 atom stereocenters. The summed E-state index contributed by atoms with van der Waals surface area (Å²) in [7, 11) is 0. The van der Waals surface area contributed by atoms with E-state index in [2.05, 4.69) is 40.7 Å². The van der Waals surface area contributed by atoms with Gasteiger partial charge in [-0.1, -0.05) is 30.3 Å². The highest BCUT2D eigenvalue weighted by atomic mass is 32.1. The molecule has 0 spiro atoms. The molecular formula is C20H20N2OS2. The average Bonchev–Trinajstić information content (AvgIpc) is 3.41. The van der Waals surface area contributed by atoms with Crippen molar-refractivity contribution in [3.63, 3.8) is 0 Å². The van der Waals surface area contributed by atoms with Crippen molar-refractivity contribution in [2.45, 2.75) is 31.7 Å². The average molecular weight is 369 g/mol. The van der Waals surface area contributed by atoms with Crippen LogP contribution in [0.1, 0.15) is 35.3 Å². The highest BCUT2D eigenvalue weighted by molar-refractivity contribution is 7.14. The van der Waals surface area contributed by atoms with Gasteiger partial charge in [0.15, 0.2) is 0 Å². The molecule has 0 radical (unpaired) electrons. The molecule has 3 nitrogen and oxygen atoms in total. The Bertz CT molecular complexity index is 827. The fourth-order valence-electron chi connectivity index (χ4n) is 3.42. The van der Waals surface area contributed by atoms with Gasteiger partial charge < -0.3 is 4.90 Å². The number of rotatable bonds is 5. The number of hydrogen-bond acceptors (Lipinski definition) is 4. The standard InChI is InChI=1S/C20H20N2OS2/c23-20(18-14-25-19(21-18)16-10-12-24-13-16)22-11-4-7-17(22)9-8-15-5-2-1-3-6-15/h1-3,5-6,10,12-14,17H,4,7-9,11H2. The Hall–Kier alpha value is -1.98. The van der Waals surface area contributed by atoms with Crippen LogP contribution in [0.15, 0.2) is 52.5 Å². The molecule has 4 rings (SSSR count). The highest BCUT2D eigenvalue weighted by Crippen LogP contribution is 2.28. The van der Waals surface area contributed by atoms with Crippen molar-refractivity contribution < 1.29 is 4.79 Å². The first-order valence-corrected chi connectivity index (χ1v) is 10.5. The third-order valence-electron chi connectivity index (χ3n) is 4.74. The molecule has 1 aromatic carbocycles. The number of benzene rings is 1. The summed E-state index contributed by atoms with van der Waals surface area (Å²) in [5.41, 5.74) is 3.05. The van der Waals surface area contributed by atoms with E-state index in [9.17, 15) is 4.79 Å². The fraction of sp³-hybridized carbons (Fsp3) is 0.300. The number of thiophene rings is 1. The van der Waals surface area contributed by atoms with Gasteiger partial charge in [0.05, 0.1) is 0 Å². The largest absolute Gasteiger partial charge is 0.334 e. The molecule has 3 aromatic rings. The van der Waals surface area contributed by atoms with Crippen molar-refractivity contribution in [1.29, 1.82) is 0 Å². The number of carbonyl (C=O) groups is 1. The van der Waals surface area contributed by atoms with Crippen molar-refractivity contribution >= 4 is 28.6 Å². The smallest absolute Gasteiger partial charge is 0.273 e. The van der Waals surface area contributed by atoms with Crippen LogP contribution in [0, 0.1) is 0 Å². The molecule has 1 fully saturated rings. The molecule has 1 aliphatic rings. The zero-order chi connectivity index (χ0) is 17.1. The molecule has 2 aromatic heterocycles. The van der Waals surface area contributed by atoms with Crippen molar-refractivity contribution in [3.05, 3.63) is 63.8 Å². The molecule has 3 heterocycles. The van der Waals surface area contributed by atoms with E-state index in [0.29, 0.717) is 11.7 Å². The molecule has 1 aliphatic heterocycles. The van der Waals surface area contributed by atoms with E-state index in [4.69, 9.17) is 0 Å². The summed E-state index contributed by atoms with van der Waals surface area (Å²) in [5, 5.41) is 6.95. The lowest BCUT2D eigenvalue weighted by Gasteiger charge is -2.24. The second-order valence-electron chi connectivity index (χ2n) is 6.37. The van der Waals surface area contributed by atoms with E-state index in [1.54, 1.807) is 22.7 Å². The molecular weight excluding hydrogens is 348 g/mol. The molecule has 1 unspecified atom stereocenters. The van der Waals surface area contributed by atoms with Crippen molar-refractivity contribution in [2.24, 2.45) is 0 Å². The maximum absolute atomic E-state index is 12.9. The van der Waals surface area contributed by atoms with Crippen LogP contribution in [-0.4, -0.2) is 28.4 Å². The first kappa shape index (κ1) is 16.5. The van der Waals surface area contributed by atoms with E-state index >= 15 is 0 Å². The molecule has 0 aliphatic carbocycles. The summed E-state index contributed by atoms with van der Waals surface area (Å²) < 4.78 is 0. The SMILES string of the molecule is O=C(c1csc(-c2ccsc2)n1)N1CCCC1CCc1ccccc1. The minimum atomic E-state index is 0.0910. The number of nitrogens with zero attached hydrogens (tertiary/aromatic N) is 2. The third kappa shape index (κ3) is 3.67. The van der Waals surface area contributed by atoms with Crippen LogP contribution in [0.3, 0.4) is 0 Å². The molecule has 0 bridgehead atoms. The normalized spacial score (nSPS) is 17.1. The van der Waals surface area contributed by atoms with Crippen LogP contribution in [0.5, 0.6) is 0 Å². The zero-order valence-electron chi connectivity index (χ0n) is 13.9. The zero-order valence-corrected chi connectivity index (χ0v) is 15.6. The van der Waals surface area contributed by atoms with Gasteiger partial charge in [0.2, 0.25) is 0 Å². The first-order valence-electron chi connectivity index (χ1n) is 8.64. The summed E-state index contributed by atoms with van der Waals surface area (Å²) in [6, 6.07) is 12.9. The summed E-state index contributed by atoms with van der Waals surface area (Å²) in [5.74, 6) is 0.0910. The number of thiazole rings is 1. The molecule has 1 amide bonds. The van der Waals surface area contributed by atoms with Gasteiger partial charge in [-0.05, 0) is 42.7 Å². The lowest BCUT2D eigenvalue weighted by molar-refractivity contribution is 0.0725. The number of aromatic nitrogens is 1. The molecule has 1 saturated heterocycles. The molecule has 5 heteroatoms. The lowest BCUT2D eigenvalue weighted by Crippen LogP contribution is -2.36. The fourth-order valence-corrected chi connectivity index (χ4v) is 4.93. The highest BCUT2D eigenvalue weighted by Gasteiger charge is 2.30. The van der Waals surface area contributed by atoms with Gasteiger partial charge in [-0.15, -0.1) is 11.3 Å². The number of amides is 1. The second kappa shape index (κ2) is 7.50. The van der Waals surface area contributed by atoms with Gasteiger partial charge in [-0.3, -0.25) is 4.79 Å². The van der Waals surface area contributed by atoms with Gasteiger partial charge in [0.1, 0.15) is 10.7 Å². The maximum atomic E-state index is 12.9. The Morgan fingerprint density at radius 3 is 2.88 bits per heavy atom. The summed E-state index contributed by atoms with van der Waals surface area (Å²) in [4.78, 5) is 19.5. The molecule has 25 heavy (non-hydrogen) atoms. The Labute approximate surface area is 156 Å². The minimum Gasteiger partial charge on any atom is -0.334 e. The minimum absolute atomic E-state index is 0.0910. The number of likely N-dealkylation sites (tertiary alicyclic amines) is 1. The van der Waals surface area contributed by atoms with E-state index in [1.165, 1.54) is 5.56 Å². The Morgan fingerprint density at radius 1 is 1.20 bits per heavy atom. The monoisotopic (exact) mass is 368 g/mol. The van der Waals surface area contributed by atoms with Crippen molar-refractivity contribution in [3.8, 4) is 10.6 Å². The van der Waals surface area contributed by atoms with Crippen LogP contribution in [-0.2, 0) is 6.42 Å². The van der Waals surface area contributed by atoms with E-state index in [1.807, 2.05) is 21.7 Å². The molecule has 0 saturated carbocycles. The predicted octanol–water partition coefficient (Wildman–Crippen LogP) is 5.11. The first-order chi connectivity index (χ1) is 12.3. The van der Waals surface area contributed by atoms with Gasteiger partial charge in [0, 0.05) is 28.9 Å². The van der Waals surface area contributed by atoms with Crippen LogP contribution in [0.2, 0.25) is 0 Å². The predicted molar refractivity (Wildman–Crippen MR) is 104 cm³/mol. The van der Waals surface area contributed by atoms with Crippen molar-refractivity contribution in [2.75, 3.05) is 6.54 Å². The van der Waals surface area contributed by atoms with Crippen LogP contribution < -0.4 is 0 Å². The number of hydrogen-bond donors (Lipinski definition) is 0. The maximum Gasteiger partial charge on any atom is 0.273 e. The molecule has 128 valence electrons. The van der Waals surface area contributed by atoms with Crippen LogP contribution in [0.4, 0.5) is 0 Å². The summed E-state index contributed by atoms with van der Waals surface area (Å²) in [6.07, 6.45) is 4.23. The van der Waals surface area contributed by atoms with Gasteiger partial charge in [-0.2, -0.15) is 11.3 Å². The van der Waals surface area contributed by atoms with Crippen LogP contribution in [0.25, 0.3) is 10.6 Å². The third-order valence-corrected chi connectivity index (χ3v) is 6.31. The Balaban J connectivity index is 1.44. The number of carbonyl (C=O) groups excluding carboxylic acids is 1. The van der Waals surface area contributed by atoms with E-state index in [-0.39, 0.29) is 5.91 Å². The van der Waals surface area contributed by atoms with E-state index < -0.39 is 0 Å². The van der Waals surface area contributed by atoms with Crippen molar-refractivity contribution in [1.82, 2.24) is 9.88 Å². The quantitative estimate of drug-likeness (QED) is 0.627. The van der Waals surface area contributed by atoms with E-state index in [0.717, 1.165) is 42.8 Å².